The minimum absolute atomic E-state index is 0.221. The maximum absolute atomic E-state index is 13.6. The Hall–Kier alpha value is -3.39. The van der Waals surface area contributed by atoms with Crippen molar-refractivity contribution in [2.75, 3.05) is 6.61 Å². The van der Waals surface area contributed by atoms with Crippen molar-refractivity contribution in [3.63, 3.8) is 0 Å². The number of allylic oxidation sites excluding steroid dienone is 1. The van der Waals surface area contributed by atoms with Crippen molar-refractivity contribution in [3.8, 4) is 11.3 Å². The maximum Gasteiger partial charge on any atom is 0.338 e. The molecule has 0 radical (unpaired) electrons. The lowest BCUT2D eigenvalue weighted by molar-refractivity contribution is -0.139. The molecule has 1 atom stereocenters. The topological polar surface area (TPSA) is 73.8 Å². The summed E-state index contributed by atoms with van der Waals surface area (Å²) in [5.74, 6) is 0.518. The first kappa shape index (κ1) is 24.3. The average Bonchev–Trinajstić information content (AvgIpc) is 3.45. The first-order valence-corrected chi connectivity index (χ1v) is 12.7. The normalized spacial score (nSPS) is 15.6. The lowest BCUT2D eigenvalue weighted by Crippen LogP contribution is -2.39. The molecule has 2 aromatic carbocycles. The van der Waals surface area contributed by atoms with E-state index in [-0.39, 0.29) is 12.2 Å². The lowest BCUT2D eigenvalue weighted by atomic mass is 9.96. The first-order chi connectivity index (χ1) is 17.4. The standard InChI is InChI=1S/C27H20Cl2N2O4S/c1-3-34-26(33)22-15(2)30-27-31(24(22)16-8-5-4-6-9-16)25(32)21(36-27)14-17-12-13-20(35-17)18-10-7-11-19(28)23(18)29/h4-14,24H,3H2,1-2H3/b21-14-/t24-/m0/s1. The van der Waals surface area contributed by atoms with Crippen LogP contribution in [0.4, 0.5) is 0 Å². The second-order valence-electron chi connectivity index (χ2n) is 8.02. The summed E-state index contributed by atoms with van der Waals surface area (Å²) in [6, 6.07) is 17.6. The number of hydrogen-bond acceptors (Lipinski definition) is 6. The summed E-state index contributed by atoms with van der Waals surface area (Å²) in [7, 11) is 0. The number of furan rings is 1. The van der Waals surface area contributed by atoms with E-state index in [1.165, 1.54) is 11.3 Å². The molecule has 0 unspecified atom stereocenters. The van der Waals surface area contributed by atoms with Crippen molar-refractivity contribution in [3.05, 3.63) is 113 Å². The molecule has 9 heteroatoms. The Morgan fingerprint density at radius 3 is 2.67 bits per heavy atom. The summed E-state index contributed by atoms with van der Waals surface area (Å²) >= 11 is 13.7. The van der Waals surface area contributed by atoms with Gasteiger partial charge in [0.2, 0.25) is 0 Å². The number of ether oxygens (including phenoxy) is 1. The molecule has 0 saturated carbocycles. The molecule has 4 aromatic rings. The molecular formula is C27H20Cl2N2O4S. The Labute approximate surface area is 220 Å². The van der Waals surface area contributed by atoms with Gasteiger partial charge in [0.05, 0.1) is 38.5 Å². The predicted molar refractivity (Wildman–Crippen MR) is 141 cm³/mol. The number of thiazole rings is 1. The van der Waals surface area contributed by atoms with Gasteiger partial charge in [0.1, 0.15) is 11.5 Å². The van der Waals surface area contributed by atoms with Crippen LogP contribution in [0.3, 0.4) is 0 Å². The van der Waals surface area contributed by atoms with Gasteiger partial charge in [0, 0.05) is 11.6 Å². The van der Waals surface area contributed by atoms with E-state index < -0.39 is 12.0 Å². The molecule has 0 amide bonds. The number of nitrogens with zero attached hydrogens (tertiary/aromatic N) is 2. The molecule has 0 N–H and O–H groups in total. The third-order valence-electron chi connectivity index (χ3n) is 5.75. The summed E-state index contributed by atoms with van der Waals surface area (Å²) in [4.78, 5) is 31.6. The predicted octanol–water partition coefficient (Wildman–Crippen LogP) is 5.37. The van der Waals surface area contributed by atoms with Gasteiger partial charge in [-0.1, -0.05) is 70.9 Å². The molecular weight excluding hydrogens is 519 g/mol. The number of benzene rings is 2. The van der Waals surface area contributed by atoms with E-state index in [1.807, 2.05) is 36.4 Å². The van der Waals surface area contributed by atoms with Crippen LogP contribution < -0.4 is 14.9 Å². The van der Waals surface area contributed by atoms with Gasteiger partial charge in [-0.25, -0.2) is 9.79 Å². The molecule has 1 aliphatic heterocycles. The van der Waals surface area contributed by atoms with Crippen LogP contribution in [0.1, 0.15) is 31.2 Å². The molecule has 36 heavy (non-hydrogen) atoms. The smallest absolute Gasteiger partial charge is 0.338 e. The van der Waals surface area contributed by atoms with Crippen LogP contribution in [0.2, 0.25) is 10.0 Å². The number of rotatable bonds is 5. The molecule has 0 saturated heterocycles. The van der Waals surface area contributed by atoms with Crippen molar-refractivity contribution in [1.29, 1.82) is 0 Å². The summed E-state index contributed by atoms with van der Waals surface area (Å²) in [5, 5.41) is 0.818. The minimum Gasteiger partial charge on any atom is -0.463 e. The maximum atomic E-state index is 13.6. The lowest BCUT2D eigenvalue weighted by Gasteiger charge is -2.24. The van der Waals surface area contributed by atoms with E-state index >= 15 is 0 Å². The highest BCUT2D eigenvalue weighted by atomic mass is 35.5. The summed E-state index contributed by atoms with van der Waals surface area (Å²) in [5.41, 5.74) is 2.03. The number of carbonyl (C=O) groups is 1. The van der Waals surface area contributed by atoms with E-state index in [4.69, 9.17) is 32.4 Å². The number of halogens is 2. The van der Waals surface area contributed by atoms with Gasteiger partial charge in [-0.05, 0) is 43.7 Å². The highest BCUT2D eigenvalue weighted by Crippen LogP contribution is 2.34. The number of esters is 1. The van der Waals surface area contributed by atoms with Gasteiger partial charge in [0.15, 0.2) is 4.80 Å². The van der Waals surface area contributed by atoms with E-state index in [9.17, 15) is 9.59 Å². The molecule has 0 fully saturated rings. The average molecular weight is 539 g/mol. The van der Waals surface area contributed by atoms with E-state index in [0.29, 0.717) is 47.7 Å². The molecule has 1 aliphatic rings. The third kappa shape index (κ3) is 4.34. The second kappa shape index (κ2) is 9.93. The fraction of sp³-hybridized carbons (Fsp3) is 0.148. The quantitative estimate of drug-likeness (QED) is 0.320. The van der Waals surface area contributed by atoms with Crippen molar-refractivity contribution in [2.24, 2.45) is 4.99 Å². The van der Waals surface area contributed by atoms with E-state index in [2.05, 4.69) is 4.99 Å². The van der Waals surface area contributed by atoms with Crippen LogP contribution in [0.25, 0.3) is 17.4 Å². The van der Waals surface area contributed by atoms with Crippen LogP contribution in [-0.2, 0) is 9.53 Å². The molecule has 182 valence electrons. The highest BCUT2D eigenvalue weighted by Gasteiger charge is 2.33. The Kier molecular flexibility index (Phi) is 6.71. The van der Waals surface area contributed by atoms with Crippen LogP contribution in [-0.4, -0.2) is 17.1 Å². The monoisotopic (exact) mass is 538 g/mol. The summed E-state index contributed by atoms with van der Waals surface area (Å²) in [6.07, 6.45) is 1.66. The fourth-order valence-corrected chi connectivity index (χ4v) is 5.56. The van der Waals surface area contributed by atoms with Crippen LogP contribution in [0, 0.1) is 0 Å². The first-order valence-electron chi connectivity index (χ1n) is 11.2. The van der Waals surface area contributed by atoms with Gasteiger partial charge in [0.25, 0.3) is 5.56 Å². The van der Waals surface area contributed by atoms with E-state index in [1.54, 1.807) is 48.8 Å². The largest absolute Gasteiger partial charge is 0.463 e. The second-order valence-corrected chi connectivity index (χ2v) is 9.81. The Balaban J connectivity index is 1.64. The fourth-order valence-electron chi connectivity index (χ4n) is 4.14. The number of carbonyl (C=O) groups excluding carboxylic acids is 1. The zero-order chi connectivity index (χ0) is 25.4. The van der Waals surface area contributed by atoms with Crippen molar-refractivity contribution in [1.82, 2.24) is 4.57 Å². The zero-order valence-electron chi connectivity index (χ0n) is 19.3. The van der Waals surface area contributed by atoms with Crippen LogP contribution in [0.5, 0.6) is 0 Å². The molecule has 3 heterocycles. The van der Waals surface area contributed by atoms with Crippen molar-refractivity contribution in [2.45, 2.75) is 19.9 Å². The minimum atomic E-state index is -0.652. The molecule has 5 rings (SSSR count). The summed E-state index contributed by atoms with van der Waals surface area (Å²) in [6.45, 7) is 3.72. The number of fused-ring (bicyclic) bond motifs is 1. The van der Waals surface area contributed by atoms with Gasteiger partial charge >= 0.3 is 5.97 Å². The Bertz CT molecular complexity index is 1680. The van der Waals surface area contributed by atoms with Crippen LogP contribution in [0.15, 0.2) is 86.1 Å². The Morgan fingerprint density at radius 1 is 1.14 bits per heavy atom. The highest BCUT2D eigenvalue weighted by molar-refractivity contribution is 7.07. The number of hydrogen-bond donors (Lipinski definition) is 0. The van der Waals surface area contributed by atoms with Gasteiger partial charge in [-0.3, -0.25) is 9.36 Å². The van der Waals surface area contributed by atoms with Gasteiger partial charge < -0.3 is 9.15 Å². The molecule has 0 aliphatic carbocycles. The molecule has 0 spiro atoms. The zero-order valence-corrected chi connectivity index (χ0v) is 21.7. The van der Waals surface area contributed by atoms with Gasteiger partial charge in [-0.2, -0.15) is 0 Å². The van der Waals surface area contributed by atoms with Crippen molar-refractivity contribution >= 4 is 46.6 Å². The SMILES string of the molecule is CCOC(=O)C1=C(C)N=c2s/c(=C\c3ccc(-c4cccc(Cl)c4Cl)o3)c(=O)n2[C@H]1c1ccccc1. The Morgan fingerprint density at radius 2 is 1.92 bits per heavy atom. The molecule has 6 nitrogen and oxygen atoms in total. The van der Waals surface area contributed by atoms with Gasteiger partial charge in [-0.15, -0.1) is 0 Å². The molecule has 0 bridgehead atoms. The van der Waals surface area contributed by atoms with Crippen molar-refractivity contribution < 1.29 is 13.9 Å². The third-order valence-corrected chi connectivity index (χ3v) is 7.55. The summed E-state index contributed by atoms with van der Waals surface area (Å²) < 4.78 is 13.2. The van der Waals surface area contributed by atoms with Crippen LogP contribution >= 0.6 is 34.5 Å². The molecule has 2 aromatic heterocycles. The van der Waals surface area contributed by atoms with E-state index in [0.717, 1.165) is 5.56 Å². The number of aromatic nitrogens is 1.